The van der Waals surface area contributed by atoms with Crippen molar-refractivity contribution in [2.45, 2.75) is 19.4 Å². The van der Waals surface area contributed by atoms with Crippen molar-refractivity contribution in [2.75, 3.05) is 78.5 Å². The van der Waals surface area contributed by atoms with Gasteiger partial charge in [0.2, 0.25) is 0 Å². The SMILES string of the molecule is CN=C(NCC(C)CN1CCN(C)CC1)NC1CCN(c2ccccc2OC)C1. The molecule has 0 bridgehead atoms. The van der Waals surface area contributed by atoms with Gasteiger partial charge in [-0.1, -0.05) is 19.1 Å². The van der Waals surface area contributed by atoms with Crippen LogP contribution in [0.4, 0.5) is 5.69 Å². The van der Waals surface area contributed by atoms with Gasteiger partial charge >= 0.3 is 0 Å². The van der Waals surface area contributed by atoms with E-state index in [1.165, 1.54) is 31.9 Å². The van der Waals surface area contributed by atoms with Gasteiger partial charge in [0.15, 0.2) is 5.96 Å². The van der Waals surface area contributed by atoms with Gasteiger partial charge in [0.25, 0.3) is 0 Å². The maximum absolute atomic E-state index is 5.52. The Morgan fingerprint density at radius 2 is 1.97 bits per heavy atom. The number of hydrogen-bond acceptors (Lipinski definition) is 5. The van der Waals surface area contributed by atoms with Crippen molar-refractivity contribution in [1.29, 1.82) is 0 Å². The molecular formula is C22H38N6O. The Hall–Kier alpha value is -1.99. The van der Waals surface area contributed by atoms with Gasteiger partial charge in [0.1, 0.15) is 5.75 Å². The first-order chi connectivity index (χ1) is 14.1. The van der Waals surface area contributed by atoms with Crippen LogP contribution in [0.5, 0.6) is 5.75 Å². The van der Waals surface area contributed by atoms with Crippen molar-refractivity contribution < 1.29 is 4.74 Å². The van der Waals surface area contributed by atoms with E-state index in [1.807, 2.05) is 19.2 Å². The molecule has 2 atom stereocenters. The molecule has 2 saturated heterocycles. The van der Waals surface area contributed by atoms with Crippen LogP contribution in [0, 0.1) is 5.92 Å². The molecule has 1 aromatic carbocycles. The molecule has 0 amide bonds. The normalized spacial score (nSPS) is 22.6. The van der Waals surface area contributed by atoms with Crippen LogP contribution in [0.2, 0.25) is 0 Å². The van der Waals surface area contributed by atoms with Gasteiger partial charge in [-0.25, -0.2) is 0 Å². The summed E-state index contributed by atoms with van der Waals surface area (Å²) in [6.45, 7) is 11.1. The van der Waals surface area contributed by atoms with E-state index in [0.717, 1.165) is 44.3 Å². The zero-order chi connectivity index (χ0) is 20.6. The van der Waals surface area contributed by atoms with Crippen LogP contribution in [0.15, 0.2) is 29.3 Å². The summed E-state index contributed by atoms with van der Waals surface area (Å²) in [6.07, 6.45) is 1.09. The first kappa shape index (κ1) is 21.7. The minimum Gasteiger partial charge on any atom is -0.495 e. The van der Waals surface area contributed by atoms with Gasteiger partial charge < -0.3 is 30.1 Å². The zero-order valence-electron chi connectivity index (χ0n) is 18.5. The van der Waals surface area contributed by atoms with Crippen molar-refractivity contribution in [3.8, 4) is 5.75 Å². The second kappa shape index (κ2) is 10.7. The molecule has 0 aromatic heterocycles. The van der Waals surface area contributed by atoms with Crippen LogP contribution in [0.1, 0.15) is 13.3 Å². The molecule has 0 spiro atoms. The summed E-state index contributed by atoms with van der Waals surface area (Å²) in [5.74, 6) is 2.43. The Balaban J connectivity index is 1.42. The van der Waals surface area contributed by atoms with Gasteiger partial charge in [0.05, 0.1) is 12.8 Å². The van der Waals surface area contributed by atoms with Crippen molar-refractivity contribution >= 4 is 11.6 Å². The summed E-state index contributed by atoms with van der Waals surface area (Å²) < 4.78 is 5.52. The van der Waals surface area contributed by atoms with Gasteiger partial charge in [-0.2, -0.15) is 0 Å². The van der Waals surface area contributed by atoms with E-state index < -0.39 is 0 Å². The molecule has 29 heavy (non-hydrogen) atoms. The predicted molar refractivity (Wildman–Crippen MR) is 121 cm³/mol. The molecule has 1 aromatic rings. The molecule has 0 radical (unpaired) electrons. The number of likely N-dealkylation sites (N-methyl/N-ethyl adjacent to an activating group) is 1. The molecule has 162 valence electrons. The second-order valence-electron chi connectivity index (χ2n) is 8.41. The Bertz CT molecular complexity index is 658. The summed E-state index contributed by atoms with van der Waals surface area (Å²) in [5.41, 5.74) is 1.17. The quantitative estimate of drug-likeness (QED) is 0.530. The number of ether oxygens (including phenoxy) is 1. The van der Waals surface area contributed by atoms with E-state index in [2.05, 4.69) is 56.4 Å². The summed E-state index contributed by atoms with van der Waals surface area (Å²) in [5, 5.41) is 7.13. The van der Waals surface area contributed by atoms with Crippen LogP contribution < -0.4 is 20.3 Å². The second-order valence-corrected chi connectivity index (χ2v) is 8.41. The average Bonchev–Trinajstić information content (AvgIpc) is 3.21. The number of methoxy groups -OCH3 is 1. The van der Waals surface area contributed by atoms with Crippen LogP contribution in [-0.4, -0.2) is 95.4 Å². The highest BCUT2D eigenvalue weighted by Crippen LogP contribution is 2.30. The van der Waals surface area contributed by atoms with E-state index in [-0.39, 0.29) is 0 Å². The standard InChI is InChI=1S/C22H38N6O/c1-18(16-27-13-11-26(3)12-14-27)15-24-22(23-2)25-19-9-10-28(17-19)20-7-5-6-8-21(20)29-4/h5-8,18-19H,9-17H2,1-4H3,(H2,23,24,25). The third-order valence-corrected chi connectivity index (χ3v) is 5.96. The van der Waals surface area contributed by atoms with Gasteiger partial charge in [-0.05, 0) is 31.5 Å². The third-order valence-electron chi connectivity index (χ3n) is 5.96. The lowest BCUT2D eigenvalue weighted by molar-refractivity contribution is 0.139. The summed E-state index contributed by atoms with van der Waals surface area (Å²) >= 11 is 0. The van der Waals surface area contributed by atoms with Crippen LogP contribution >= 0.6 is 0 Å². The van der Waals surface area contributed by atoms with Gasteiger partial charge in [-0.15, -0.1) is 0 Å². The summed E-state index contributed by atoms with van der Waals surface area (Å²) in [4.78, 5) is 11.8. The van der Waals surface area contributed by atoms with Gasteiger partial charge in [-0.3, -0.25) is 4.99 Å². The van der Waals surface area contributed by atoms with E-state index in [1.54, 1.807) is 7.11 Å². The van der Waals surface area contributed by atoms with E-state index >= 15 is 0 Å². The average molecular weight is 403 g/mol. The molecule has 2 fully saturated rings. The first-order valence-electron chi connectivity index (χ1n) is 10.8. The number of nitrogens with one attached hydrogen (secondary N) is 2. The van der Waals surface area contributed by atoms with Crippen LogP contribution in [-0.2, 0) is 0 Å². The minimum atomic E-state index is 0.388. The van der Waals surface area contributed by atoms with Crippen molar-refractivity contribution in [2.24, 2.45) is 10.9 Å². The van der Waals surface area contributed by atoms with E-state index in [0.29, 0.717) is 12.0 Å². The molecule has 2 aliphatic rings. The molecule has 7 nitrogen and oxygen atoms in total. The number of hydrogen-bond donors (Lipinski definition) is 2. The van der Waals surface area contributed by atoms with Crippen molar-refractivity contribution in [3.05, 3.63) is 24.3 Å². The molecule has 2 heterocycles. The predicted octanol–water partition coefficient (Wildman–Crippen LogP) is 1.32. The molecule has 0 aliphatic carbocycles. The van der Waals surface area contributed by atoms with Crippen molar-refractivity contribution in [1.82, 2.24) is 20.4 Å². The molecule has 3 rings (SSSR count). The number of anilines is 1. The monoisotopic (exact) mass is 402 g/mol. The largest absolute Gasteiger partial charge is 0.495 e. The lowest BCUT2D eigenvalue weighted by Gasteiger charge is -2.34. The summed E-state index contributed by atoms with van der Waals surface area (Å²) in [6, 6.07) is 8.63. The fourth-order valence-electron chi connectivity index (χ4n) is 4.18. The number of guanidine groups is 1. The van der Waals surface area contributed by atoms with Crippen LogP contribution in [0.25, 0.3) is 0 Å². The lowest BCUT2D eigenvalue weighted by Crippen LogP contribution is -2.49. The molecule has 7 heteroatoms. The lowest BCUT2D eigenvalue weighted by atomic mass is 10.1. The Morgan fingerprint density at radius 3 is 2.69 bits per heavy atom. The maximum atomic E-state index is 5.52. The highest BCUT2D eigenvalue weighted by atomic mass is 16.5. The number of rotatable bonds is 7. The molecule has 2 unspecified atom stereocenters. The fourth-order valence-corrected chi connectivity index (χ4v) is 4.18. The van der Waals surface area contributed by atoms with E-state index in [4.69, 9.17) is 4.74 Å². The van der Waals surface area contributed by atoms with Crippen LogP contribution in [0.3, 0.4) is 0 Å². The van der Waals surface area contributed by atoms with Crippen molar-refractivity contribution in [3.63, 3.8) is 0 Å². The first-order valence-corrected chi connectivity index (χ1v) is 10.8. The number of para-hydroxylation sites is 2. The number of piperazine rings is 1. The fraction of sp³-hybridized carbons (Fsp3) is 0.682. The minimum absolute atomic E-state index is 0.388. The Morgan fingerprint density at radius 1 is 1.21 bits per heavy atom. The molecule has 2 aliphatic heterocycles. The zero-order valence-corrected chi connectivity index (χ0v) is 18.5. The Kier molecular flexibility index (Phi) is 8.00. The molecule has 2 N–H and O–H groups in total. The van der Waals surface area contributed by atoms with E-state index in [9.17, 15) is 0 Å². The molecule has 0 saturated carbocycles. The van der Waals surface area contributed by atoms with Gasteiger partial charge in [0, 0.05) is 65.4 Å². The number of benzene rings is 1. The maximum Gasteiger partial charge on any atom is 0.191 e. The highest BCUT2D eigenvalue weighted by molar-refractivity contribution is 5.80. The summed E-state index contributed by atoms with van der Waals surface area (Å²) in [7, 11) is 5.79. The topological polar surface area (TPSA) is 55.4 Å². The number of aliphatic imine (C=N–C) groups is 1. The Labute approximate surface area is 176 Å². The molecular weight excluding hydrogens is 364 g/mol. The highest BCUT2D eigenvalue weighted by Gasteiger charge is 2.25. The smallest absolute Gasteiger partial charge is 0.191 e. The third kappa shape index (κ3) is 6.24. The number of nitrogens with zero attached hydrogens (tertiary/aromatic N) is 4.